The molecule has 3 aromatic rings. The van der Waals surface area contributed by atoms with Crippen molar-refractivity contribution in [2.45, 2.75) is 70.1 Å². The molecule has 2 aliphatic rings. The van der Waals surface area contributed by atoms with Gasteiger partial charge in [-0.2, -0.15) is 0 Å². The lowest BCUT2D eigenvalue weighted by atomic mass is 9.83. The van der Waals surface area contributed by atoms with Gasteiger partial charge in [-0.05, 0) is 58.4 Å². The minimum atomic E-state index is -1.11. The third kappa shape index (κ3) is 4.63. The van der Waals surface area contributed by atoms with Crippen molar-refractivity contribution in [1.29, 1.82) is 0 Å². The summed E-state index contributed by atoms with van der Waals surface area (Å²) in [7, 11) is 0. The Morgan fingerprint density at radius 1 is 1.06 bits per heavy atom. The van der Waals surface area contributed by atoms with Gasteiger partial charge in [0.05, 0.1) is 17.0 Å². The third-order valence-electron chi connectivity index (χ3n) is 6.87. The minimum absolute atomic E-state index is 0.298. The molecule has 5 rings (SSSR count). The molecule has 7 nitrogen and oxygen atoms in total. The molecule has 0 amide bonds. The van der Waals surface area contributed by atoms with Crippen molar-refractivity contribution in [3.63, 3.8) is 0 Å². The number of pyridine rings is 1. The molecule has 1 aromatic carbocycles. The van der Waals surface area contributed by atoms with Crippen LogP contribution < -0.4 is 16.4 Å². The molecule has 1 fully saturated rings. The second-order valence-electron chi connectivity index (χ2n) is 10.0. The molecule has 0 bridgehead atoms. The first-order valence-electron chi connectivity index (χ1n) is 12.3. The Morgan fingerprint density at radius 3 is 2.56 bits per heavy atom. The lowest BCUT2D eigenvalue weighted by Crippen LogP contribution is -2.33. The number of nitrogens with one attached hydrogen (secondary N) is 2. The number of aliphatic hydroxyl groups is 1. The first-order valence-corrected chi connectivity index (χ1v) is 12.3. The number of benzene rings is 1. The predicted molar refractivity (Wildman–Crippen MR) is 137 cm³/mol. The van der Waals surface area contributed by atoms with Gasteiger partial charge in [0.2, 0.25) is 5.95 Å². The number of rotatable bonds is 5. The van der Waals surface area contributed by atoms with E-state index >= 15 is 0 Å². The molecular weight excluding hydrogens is 424 g/mol. The number of nitrogens with zero attached hydrogens (tertiary/aromatic N) is 3. The highest BCUT2D eigenvalue weighted by molar-refractivity contribution is 5.83. The molecule has 1 saturated carbocycles. The molecule has 5 N–H and O–H groups in total. The van der Waals surface area contributed by atoms with Gasteiger partial charge in [-0.25, -0.2) is 15.0 Å². The van der Waals surface area contributed by atoms with Gasteiger partial charge in [0.25, 0.3) is 0 Å². The molecule has 2 aromatic heterocycles. The van der Waals surface area contributed by atoms with Crippen molar-refractivity contribution in [3.05, 3.63) is 53.7 Å². The molecule has 1 aliphatic carbocycles. The van der Waals surface area contributed by atoms with Crippen molar-refractivity contribution >= 4 is 11.8 Å². The Bertz CT molecular complexity index is 1150. The van der Waals surface area contributed by atoms with Gasteiger partial charge in [-0.15, -0.1) is 0 Å². The second kappa shape index (κ2) is 9.31. The quantitative estimate of drug-likeness (QED) is 0.446. The van der Waals surface area contributed by atoms with E-state index in [1.165, 1.54) is 0 Å². The van der Waals surface area contributed by atoms with Gasteiger partial charge in [-0.1, -0.05) is 30.3 Å². The number of hydrogen-bond acceptors (Lipinski definition) is 7. The number of hydrogen-bond donors (Lipinski definition) is 4. The summed E-state index contributed by atoms with van der Waals surface area (Å²) in [5.41, 5.74) is 10.4. The van der Waals surface area contributed by atoms with E-state index in [1.807, 2.05) is 50.2 Å². The van der Waals surface area contributed by atoms with E-state index < -0.39 is 5.60 Å². The minimum Gasteiger partial charge on any atom is -0.386 e. The predicted octanol–water partition coefficient (Wildman–Crippen LogP) is 4.47. The summed E-state index contributed by atoms with van der Waals surface area (Å²) < 4.78 is 0. The normalized spacial score (nSPS) is 20.4. The van der Waals surface area contributed by atoms with Crippen LogP contribution in [0.1, 0.15) is 57.1 Å². The number of anilines is 2. The SMILES string of the molecule is CC(C)(O)c1c(-c2ccccc2)nc2c(c1-c1ccnc(NC3CCC(N)CC3)n1)CCCN2. The molecule has 0 unspecified atom stereocenters. The maximum Gasteiger partial charge on any atom is 0.223 e. The maximum absolute atomic E-state index is 11.4. The highest BCUT2D eigenvalue weighted by atomic mass is 16.3. The van der Waals surface area contributed by atoms with E-state index in [2.05, 4.69) is 15.6 Å². The maximum atomic E-state index is 11.4. The Balaban J connectivity index is 1.65. The summed E-state index contributed by atoms with van der Waals surface area (Å²) >= 11 is 0. The van der Waals surface area contributed by atoms with E-state index in [-0.39, 0.29) is 0 Å². The summed E-state index contributed by atoms with van der Waals surface area (Å²) in [4.78, 5) is 14.5. The van der Waals surface area contributed by atoms with Gasteiger partial charge in [0, 0.05) is 47.1 Å². The van der Waals surface area contributed by atoms with Crippen molar-refractivity contribution in [3.8, 4) is 22.5 Å². The van der Waals surface area contributed by atoms with Crippen molar-refractivity contribution in [1.82, 2.24) is 15.0 Å². The first-order chi connectivity index (χ1) is 16.4. The number of fused-ring (bicyclic) bond motifs is 1. The summed E-state index contributed by atoms with van der Waals surface area (Å²) in [6.07, 6.45) is 7.78. The van der Waals surface area contributed by atoms with Crippen LogP contribution in [-0.2, 0) is 12.0 Å². The Kier molecular flexibility index (Phi) is 6.23. The van der Waals surface area contributed by atoms with E-state index in [4.69, 9.17) is 15.7 Å². The molecule has 0 spiro atoms. The van der Waals surface area contributed by atoms with Crippen LogP contribution in [0.3, 0.4) is 0 Å². The highest BCUT2D eigenvalue weighted by Gasteiger charge is 2.32. The van der Waals surface area contributed by atoms with Crippen LogP contribution >= 0.6 is 0 Å². The Hall–Kier alpha value is -3.03. The lowest BCUT2D eigenvalue weighted by Gasteiger charge is -2.30. The molecule has 0 radical (unpaired) electrons. The fourth-order valence-electron chi connectivity index (χ4n) is 5.18. The summed E-state index contributed by atoms with van der Waals surface area (Å²) in [5, 5.41) is 18.4. The molecule has 0 atom stereocenters. The van der Waals surface area contributed by atoms with Crippen LogP contribution in [0.25, 0.3) is 22.5 Å². The standard InChI is InChI=1S/C27H34N6O/c1-27(2,34)23-22(21-14-16-30-26(32-21)31-19-12-10-18(28)11-13-19)20-9-6-15-29-25(20)33-24(23)17-7-4-3-5-8-17/h3-5,7-8,14,16,18-19,34H,6,9-13,15,28H2,1-2H3,(H,29,33)(H,30,31,32). The van der Waals surface area contributed by atoms with Gasteiger partial charge >= 0.3 is 0 Å². The highest BCUT2D eigenvalue weighted by Crippen LogP contribution is 2.43. The molecular formula is C27H34N6O. The van der Waals surface area contributed by atoms with E-state index in [0.717, 1.165) is 84.5 Å². The van der Waals surface area contributed by atoms with E-state index in [1.54, 1.807) is 6.20 Å². The number of nitrogens with two attached hydrogens (primary N) is 1. The van der Waals surface area contributed by atoms with E-state index in [0.29, 0.717) is 18.0 Å². The summed E-state index contributed by atoms with van der Waals surface area (Å²) in [6, 6.07) is 12.6. The fraction of sp³-hybridized carbons (Fsp3) is 0.444. The van der Waals surface area contributed by atoms with Crippen molar-refractivity contribution < 1.29 is 5.11 Å². The average molecular weight is 459 g/mol. The van der Waals surface area contributed by atoms with Gasteiger partial charge in [0.15, 0.2) is 0 Å². The molecule has 34 heavy (non-hydrogen) atoms. The van der Waals surface area contributed by atoms with Crippen molar-refractivity contribution in [2.75, 3.05) is 17.2 Å². The van der Waals surface area contributed by atoms with Crippen molar-refractivity contribution in [2.24, 2.45) is 5.73 Å². The topological polar surface area (TPSA) is 109 Å². The number of aromatic nitrogens is 3. The Morgan fingerprint density at radius 2 is 1.82 bits per heavy atom. The lowest BCUT2D eigenvalue weighted by molar-refractivity contribution is 0.0794. The van der Waals surface area contributed by atoms with Crippen LogP contribution in [0, 0.1) is 0 Å². The van der Waals surface area contributed by atoms with E-state index in [9.17, 15) is 5.11 Å². The molecule has 3 heterocycles. The van der Waals surface area contributed by atoms with Gasteiger partial charge in [0.1, 0.15) is 5.82 Å². The largest absolute Gasteiger partial charge is 0.386 e. The zero-order chi connectivity index (χ0) is 23.7. The molecule has 1 aliphatic heterocycles. The van der Waals surface area contributed by atoms with Crippen LogP contribution in [0.2, 0.25) is 0 Å². The van der Waals surface area contributed by atoms with Crippen LogP contribution in [0.15, 0.2) is 42.6 Å². The average Bonchev–Trinajstić information content (AvgIpc) is 2.84. The monoisotopic (exact) mass is 458 g/mol. The molecule has 178 valence electrons. The fourth-order valence-corrected chi connectivity index (χ4v) is 5.18. The zero-order valence-corrected chi connectivity index (χ0v) is 20.0. The Labute approximate surface area is 201 Å². The smallest absolute Gasteiger partial charge is 0.223 e. The molecule has 7 heteroatoms. The molecule has 0 saturated heterocycles. The van der Waals surface area contributed by atoms with Crippen LogP contribution in [0.4, 0.5) is 11.8 Å². The summed E-state index contributed by atoms with van der Waals surface area (Å²) in [5.74, 6) is 1.50. The van der Waals surface area contributed by atoms with Gasteiger partial charge in [-0.3, -0.25) is 0 Å². The second-order valence-corrected chi connectivity index (χ2v) is 10.0. The summed E-state index contributed by atoms with van der Waals surface area (Å²) in [6.45, 7) is 4.54. The first kappa shape index (κ1) is 22.7. The van der Waals surface area contributed by atoms with Crippen LogP contribution in [0.5, 0.6) is 0 Å². The zero-order valence-electron chi connectivity index (χ0n) is 20.0. The van der Waals surface area contributed by atoms with Crippen LogP contribution in [-0.4, -0.2) is 38.7 Å². The van der Waals surface area contributed by atoms with Gasteiger partial charge < -0.3 is 21.5 Å². The third-order valence-corrected chi connectivity index (χ3v) is 6.87.